The van der Waals surface area contributed by atoms with Gasteiger partial charge in [-0.05, 0) is 31.2 Å². The van der Waals surface area contributed by atoms with E-state index in [9.17, 15) is 57.5 Å². The minimum absolute atomic E-state index is 0.00335. The van der Waals surface area contributed by atoms with Gasteiger partial charge in [-0.1, -0.05) is 0 Å². The molecular weight excluding hydrogens is 1200 g/mol. The Hall–Kier alpha value is -9.11. The Bertz CT molecular complexity index is 3260. The van der Waals surface area contributed by atoms with Crippen molar-refractivity contribution in [1.29, 1.82) is 0 Å². The maximum atomic E-state index is 15.2. The number of hydrogen-bond donors (Lipinski definition) is 0. The van der Waals surface area contributed by atoms with Crippen molar-refractivity contribution < 1.29 is 147 Å². The van der Waals surface area contributed by atoms with Crippen molar-refractivity contribution in [3.8, 4) is 34.3 Å². The van der Waals surface area contributed by atoms with Gasteiger partial charge in [-0.3, -0.25) is 62.3 Å². The molecule has 3 aliphatic rings. The Morgan fingerprint density at radius 3 is 1.33 bits per heavy atom. The molecule has 0 saturated carbocycles. The van der Waals surface area contributed by atoms with E-state index in [1.807, 2.05) is 0 Å². The minimum atomic E-state index is -2.18. The Morgan fingerprint density at radius 2 is 0.843 bits per heavy atom. The summed E-state index contributed by atoms with van der Waals surface area (Å²) in [5.41, 5.74) is -1.50. The van der Waals surface area contributed by atoms with E-state index < -0.39 is 205 Å². The molecule has 3 saturated heterocycles. The molecule has 4 heterocycles. The van der Waals surface area contributed by atoms with E-state index in [-0.39, 0.29) is 22.6 Å². The molecule has 32 nitrogen and oxygen atoms in total. The lowest BCUT2D eigenvalue weighted by atomic mass is 9.96. The SMILES string of the molecule is CC(=O)OC[C@H]1O[C@@H](O[C@@H]2[C@@H](OC(C)=O)[C@H](C)O[C@@H](OC[C@H]3O[C@@H](Oc4c(-c5ccc(OC(C)=O)cc5)oc5cc(OC(C)=O)cc(OC(C)=O)c5c4=O)[C@H](OC(C)=O)[C@@H](OC(C)=O)[C@H]3OC(C)=O)[C@@H]2OC(C)=O)[C@H](OC(C)=O)[C@@H](OC(C)=O)[C@@H]1OC(C)=O. The van der Waals surface area contributed by atoms with Crippen molar-refractivity contribution in [2.24, 2.45) is 0 Å². The van der Waals surface area contributed by atoms with Gasteiger partial charge in [-0.15, -0.1) is 0 Å². The summed E-state index contributed by atoms with van der Waals surface area (Å²) in [6.07, 6.45) is -27.5. The highest BCUT2D eigenvalue weighted by molar-refractivity contribution is 5.91. The molecule has 0 unspecified atom stereocenters. The van der Waals surface area contributed by atoms with Gasteiger partial charge in [0.25, 0.3) is 0 Å². The number of ether oxygens (including phenoxy) is 18. The molecule has 3 aliphatic heterocycles. The smallest absolute Gasteiger partial charge is 0.308 e. The van der Waals surface area contributed by atoms with E-state index in [2.05, 4.69) is 0 Å². The number of carbonyl (C=O) groups is 12. The zero-order chi connectivity index (χ0) is 65.9. The molecule has 3 aromatic rings. The van der Waals surface area contributed by atoms with Crippen LogP contribution in [0.4, 0.5) is 0 Å². The van der Waals surface area contributed by atoms with Crippen molar-refractivity contribution in [3.63, 3.8) is 0 Å². The van der Waals surface area contributed by atoms with Gasteiger partial charge < -0.3 is 89.7 Å². The molecule has 0 radical (unpaired) electrons. The fraction of sp³-hybridized carbons (Fsp3) is 0.526. The molecule has 89 heavy (non-hydrogen) atoms. The molecule has 0 bridgehead atoms. The third kappa shape index (κ3) is 18.5. The first kappa shape index (κ1) is 69.0. The van der Waals surface area contributed by atoms with Crippen LogP contribution in [0, 0.1) is 0 Å². The first-order chi connectivity index (χ1) is 41.8. The second kappa shape index (κ2) is 30.2. The largest absolute Gasteiger partial charge is 0.463 e. The van der Waals surface area contributed by atoms with E-state index >= 15 is 4.79 Å². The summed E-state index contributed by atoms with van der Waals surface area (Å²) in [7, 11) is 0. The van der Waals surface area contributed by atoms with E-state index in [1.54, 1.807) is 0 Å². The van der Waals surface area contributed by atoms with E-state index in [1.165, 1.54) is 31.2 Å². The van der Waals surface area contributed by atoms with Crippen LogP contribution in [0.25, 0.3) is 22.3 Å². The number of hydrogen-bond acceptors (Lipinski definition) is 32. The van der Waals surface area contributed by atoms with Crippen LogP contribution in [0.2, 0.25) is 0 Å². The Balaban J connectivity index is 1.51. The predicted molar refractivity (Wildman–Crippen MR) is 286 cm³/mol. The Labute approximate surface area is 504 Å². The van der Waals surface area contributed by atoms with Crippen molar-refractivity contribution in [3.05, 3.63) is 46.6 Å². The number of fused-ring (bicyclic) bond motifs is 1. The summed E-state index contributed by atoms with van der Waals surface area (Å²) in [6, 6.07) is 7.40. The summed E-state index contributed by atoms with van der Waals surface area (Å²) >= 11 is 0. The van der Waals surface area contributed by atoms with Gasteiger partial charge in [0, 0.05) is 101 Å². The monoisotopic (exact) mass is 1260 g/mol. The van der Waals surface area contributed by atoms with Gasteiger partial charge in [-0.2, -0.15) is 0 Å². The van der Waals surface area contributed by atoms with Gasteiger partial charge in [-0.25, -0.2) is 0 Å². The topological polar surface area (TPSA) is 401 Å². The summed E-state index contributed by atoms with van der Waals surface area (Å²) in [5, 5.41) is -0.506. The molecule has 2 aromatic carbocycles. The van der Waals surface area contributed by atoms with Crippen LogP contribution >= 0.6 is 0 Å². The lowest BCUT2D eigenvalue weighted by Gasteiger charge is -2.49. The van der Waals surface area contributed by atoms with Crippen LogP contribution in [0.3, 0.4) is 0 Å². The second-order valence-corrected chi connectivity index (χ2v) is 19.9. The third-order valence-corrected chi connectivity index (χ3v) is 12.5. The number of carbonyl (C=O) groups excluding carboxylic acids is 12. The molecule has 1 aromatic heterocycles. The molecular formula is C57H64O32. The standard InChI is InChI=1S/C57H64O32/c1-22-44(77-27(6)62)49(89-57-54(84-34(13)69)50(80-30(9)65)46(78-28(7)63)40(86-57)20-71-23(2)58)52(82-32(11)67)55(73-22)72-21-41-47(79-29(8)64)51(81-31(10)66)53(83-33(12)68)56(87-41)88-48-43(70)42-38(76-26(5)61)18-37(75-25(4)60)19-39(42)85-45(48)35-14-16-36(17-15-35)74-24(3)59/h14-19,22,40-41,44,46-47,49-57H,20-21H2,1-13H3/t22-,40+,41+,44-,46+,47-,49+,50-,51-,52+,53+,54+,55+,56-,57-/m0/s1. The second-order valence-electron chi connectivity index (χ2n) is 19.9. The number of benzene rings is 2. The molecule has 484 valence electrons. The molecule has 0 N–H and O–H groups in total. The number of rotatable bonds is 21. The maximum Gasteiger partial charge on any atom is 0.308 e. The average molecular weight is 1260 g/mol. The van der Waals surface area contributed by atoms with Crippen LogP contribution in [0.5, 0.6) is 23.0 Å². The van der Waals surface area contributed by atoms with Crippen molar-refractivity contribution in [2.75, 3.05) is 13.2 Å². The summed E-state index contributed by atoms with van der Waals surface area (Å²) in [6.45, 7) is 11.7. The molecule has 32 heteroatoms. The van der Waals surface area contributed by atoms with Crippen LogP contribution in [-0.4, -0.2) is 177 Å². The summed E-state index contributed by atoms with van der Waals surface area (Å²) < 4.78 is 110. The van der Waals surface area contributed by atoms with Gasteiger partial charge in [0.2, 0.25) is 23.6 Å². The van der Waals surface area contributed by atoms with Crippen LogP contribution in [-0.2, 0) is 124 Å². The van der Waals surface area contributed by atoms with Crippen LogP contribution in [0.1, 0.15) is 90.0 Å². The minimum Gasteiger partial charge on any atom is -0.463 e. The lowest BCUT2D eigenvalue weighted by molar-refractivity contribution is -0.363. The van der Waals surface area contributed by atoms with Crippen LogP contribution in [0.15, 0.2) is 45.6 Å². The van der Waals surface area contributed by atoms with Gasteiger partial charge in [0.15, 0.2) is 61.1 Å². The van der Waals surface area contributed by atoms with E-state index in [0.29, 0.717) is 0 Å². The molecule has 6 rings (SSSR count). The number of esters is 12. The fourth-order valence-corrected chi connectivity index (χ4v) is 9.62. The van der Waals surface area contributed by atoms with Crippen LogP contribution < -0.4 is 24.4 Å². The van der Waals surface area contributed by atoms with Crippen molar-refractivity contribution >= 4 is 82.6 Å². The first-order valence-electron chi connectivity index (χ1n) is 27.0. The maximum absolute atomic E-state index is 15.2. The van der Waals surface area contributed by atoms with Crippen molar-refractivity contribution in [2.45, 2.75) is 182 Å². The third-order valence-electron chi connectivity index (χ3n) is 12.5. The summed E-state index contributed by atoms with van der Waals surface area (Å²) in [5.74, 6) is -13.5. The quantitative estimate of drug-likeness (QED) is 0.0838. The predicted octanol–water partition coefficient (Wildman–Crippen LogP) is 2.23. The highest BCUT2D eigenvalue weighted by Crippen LogP contribution is 2.41. The molecule has 0 amide bonds. The Morgan fingerprint density at radius 1 is 0.416 bits per heavy atom. The highest BCUT2D eigenvalue weighted by Gasteiger charge is 2.59. The molecule has 3 fully saturated rings. The Kier molecular flexibility index (Phi) is 23.4. The zero-order valence-corrected chi connectivity index (χ0v) is 50.1. The van der Waals surface area contributed by atoms with E-state index in [4.69, 9.17) is 89.7 Å². The van der Waals surface area contributed by atoms with Gasteiger partial charge >= 0.3 is 71.6 Å². The normalized spacial score (nSPS) is 26.3. The highest BCUT2D eigenvalue weighted by atomic mass is 16.8. The fourth-order valence-electron chi connectivity index (χ4n) is 9.62. The van der Waals surface area contributed by atoms with Crippen molar-refractivity contribution in [1.82, 2.24) is 0 Å². The molecule has 0 aliphatic carbocycles. The van der Waals surface area contributed by atoms with Gasteiger partial charge in [0.1, 0.15) is 53.1 Å². The molecule has 0 spiro atoms. The van der Waals surface area contributed by atoms with E-state index in [0.717, 1.165) is 95.2 Å². The first-order valence-corrected chi connectivity index (χ1v) is 27.0. The average Bonchev–Trinajstić information content (AvgIpc) is 1.12. The lowest BCUT2D eigenvalue weighted by Crippen LogP contribution is -2.67. The molecule has 15 atom stereocenters. The van der Waals surface area contributed by atoms with Gasteiger partial charge in [0.05, 0.1) is 12.7 Å². The zero-order valence-electron chi connectivity index (χ0n) is 50.1. The summed E-state index contributed by atoms with van der Waals surface area (Å²) in [4.78, 5) is 167.